The van der Waals surface area contributed by atoms with Crippen LogP contribution in [-0.4, -0.2) is 23.9 Å². The Bertz CT molecular complexity index is 816. The van der Waals surface area contributed by atoms with E-state index in [1.807, 2.05) is 6.07 Å². The molecule has 1 atom stereocenters. The summed E-state index contributed by atoms with van der Waals surface area (Å²) in [5, 5.41) is 3.73. The van der Waals surface area contributed by atoms with E-state index in [2.05, 4.69) is 10.2 Å². The third-order valence-electron chi connectivity index (χ3n) is 4.47. The van der Waals surface area contributed by atoms with E-state index in [-0.39, 0.29) is 17.5 Å². The number of anilines is 1. The van der Waals surface area contributed by atoms with Crippen LogP contribution in [0.1, 0.15) is 18.4 Å². The summed E-state index contributed by atoms with van der Waals surface area (Å²) < 4.78 is 26.7. The van der Waals surface area contributed by atoms with Crippen molar-refractivity contribution in [3.05, 3.63) is 63.6 Å². The van der Waals surface area contributed by atoms with Crippen molar-refractivity contribution in [3.63, 3.8) is 0 Å². The molecule has 0 aromatic heterocycles. The fraction of sp³-hybridized carbons (Fsp3) is 0.316. The molecule has 0 saturated carbocycles. The van der Waals surface area contributed by atoms with Crippen LogP contribution in [0.3, 0.4) is 0 Å². The molecule has 1 unspecified atom stereocenters. The van der Waals surface area contributed by atoms with Crippen LogP contribution in [0.25, 0.3) is 0 Å². The molecule has 1 N–H and O–H groups in total. The number of carbonyl (C=O) groups excluding carboxylic acids is 1. The molecule has 2 aromatic rings. The maximum absolute atomic E-state index is 13.7. The van der Waals surface area contributed by atoms with Gasteiger partial charge < -0.3 is 5.32 Å². The van der Waals surface area contributed by atoms with Gasteiger partial charge >= 0.3 is 0 Å². The van der Waals surface area contributed by atoms with Crippen molar-refractivity contribution in [1.82, 2.24) is 4.90 Å². The van der Waals surface area contributed by atoms with Crippen molar-refractivity contribution < 1.29 is 13.6 Å². The fourth-order valence-electron chi connectivity index (χ4n) is 3.13. The van der Waals surface area contributed by atoms with Crippen LogP contribution in [0.4, 0.5) is 14.5 Å². The molecule has 0 spiro atoms. The lowest BCUT2D eigenvalue weighted by atomic mass is 9.96. The van der Waals surface area contributed by atoms with Gasteiger partial charge in [0.15, 0.2) is 0 Å². The van der Waals surface area contributed by atoms with Crippen LogP contribution in [0, 0.1) is 17.6 Å². The highest BCUT2D eigenvalue weighted by Crippen LogP contribution is 2.26. The monoisotopic (exact) mass is 398 g/mol. The summed E-state index contributed by atoms with van der Waals surface area (Å²) in [7, 11) is 0. The highest BCUT2D eigenvalue weighted by atomic mass is 35.5. The minimum Gasteiger partial charge on any atom is -0.323 e. The van der Waals surface area contributed by atoms with Crippen molar-refractivity contribution in [3.8, 4) is 0 Å². The molecule has 26 heavy (non-hydrogen) atoms. The normalized spacial score (nSPS) is 17.9. The standard InChI is InChI=1S/C19H18Cl2F2N2O/c20-14-4-3-12(16(21)8-14)10-25-7-1-2-13(11-25)19(26)24-18-6-5-15(22)9-17(18)23/h3-6,8-9,13H,1-2,7,10-11H2,(H,24,26). The van der Waals surface area contributed by atoms with Crippen LogP contribution in [-0.2, 0) is 11.3 Å². The van der Waals surface area contributed by atoms with Gasteiger partial charge in [0.05, 0.1) is 11.6 Å². The summed E-state index contributed by atoms with van der Waals surface area (Å²) in [6.07, 6.45) is 1.58. The van der Waals surface area contributed by atoms with Gasteiger partial charge in [0.1, 0.15) is 11.6 Å². The summed E-state index contributed by atoms with van der Waals surface area (Å²) in [5.41, 5.74) is 0.941. The van der Waals surface area contributed by atoms with E-state index in [1.54, 1.807) is 12.1 Å². The third-order valence-corrected chi connectivity index (χ3v) is 5.06. The second-order valence-corrected chi connectivity index (χ2v) is 7.27. The van der Waals surface area contributed by atoms with Gasteiger partial charge in [-0.2, -0.15) is 0 Å². The van der Waals surface area contributed by atoms with Crippen LogP contribution in [0.5, 0.6) is 0 Å². The first-order chi connectivity index (χ1) is 12.4. The molecule has 3 nitrogen and oxygen atoms in total. The van der Waals surface area contributed by atoms with E-state index >= 15 is 0 Å². The zero-order valence-corrected chi connectivity index (χ0v) is 15.5. The molecule has 0 aliphatic carbocycles. The van der Waals surface area contributed by atoms with Gasteiger partial charge in [-0.3, -0.25) is 9.69 Å². The molecule has 1 fully saturated rings. The van der Waals surface area contributed by atoms with Crippen LogP contribution in [0.2, 0.25) is 10.0 Å². The molecule has 1 aliphatic heterocycles. The van der Waals surface area contributed by atoms with Gasteiger partial charge in [-0.15, -0.1) is 0 Å². The van der Waals surface area contributed by atoms with E-state index in [1.165, 1.54) is 6.07 Å². The number of benzene rings is 2. The number of piperidine rings is 1. The average Bonchev–Trinajstić information content (AvgIpc) is 2.60. The molecule has 0 bridgehead atoms. The zero-order valence-electron chi connectivity index (χ0n) is 13.9. The Labute approximate surface area is 160 Å². The van der Waals surface area contributed by atoms with Gasteiger partial charge in [0, 0.05) is 29.2 Å². The van der Waals surface area contributed by atoms with E-state index < -0.39 is 11.6 Å². The predicted molar refractivity (Wildman–Crippen MR) is 99.5 cm³/mol. The van der Waals surface area contributed by atoms with Crippen LogP contribution >= 0.6 is 23.2 Å². The van der Waals surface area contributed by atoms with Crippen molar-refractivity contribution in [2.75, 3.05) is 18.4 Å². The Hall–Kier alpha value is -1.69. The van der Waals surface area contributed by atoms with Crippen molar-refractivity contribution in [2.24, 2.45) is 5.92 Å². The SMILES string of the molecule is O=C(Nc1ccc(F)cc1F)C1CCCN(Cc2ccc(Cl)cc2Cl)C1. The number of rotatable bonds is 4. The molecule has 1 aliphatic rings. The lowest BCUT2D eigenvalue weighted by molar-refractivity contribution is -0.121. The fourth-order valence-corrected chi connectivity index (χ4v) is 3.60. The Morgan fingerprint density at radius 2 is 2.00 bits per heavy atom. The first-order valence-corrected chi connectivity index (χ1v) is 9.10. The molecule has 3 rings (SSSR count). The largest absolute Gasteiger partial charge is 0.323 e. The number of carbonyl (C=O) groups is 1. The Balaban J connectivity index is 1.63. The number of nitrogens with zero attached hydrogens (tertiary/aromatic N) is 1. The zero-order chi connectivity index (χ0) is 18.7. The molecule has 138 valence electrons. The molecule has 2 aromatic carbocycles. The summed E-state index contributed by atoms with van der Waals surface area (Å²) in [4.78, 5) is 14.6. The molecule has 1 saturated heterocycles. The van der Waals surface area contributed by atoms with Crippen molar-refractivity contribution in [1.29, 1.82) is 0 Å². The highest BCUT2D eigenvalue weighted by molar-refractivity contribution is 6.35. The van der Waals surface area contributed by atoms with Gasteiger partial charge in [0.25, 0.3) is 0 Å². The molecule has 1 heterocycles. The smallest absolute Gasteiger partial charge is 0.228 e. The van der Waals surface area contributed by atoms with E-state index in [0.29, 0.717) is 23.1 Å². The van der Waals surface area contributed by atoms with E-state index in [9.17, 15) is 13.6 Å². The molecular weight excluding hydrogens is 381 g/mol. The maximum Gasteiger partial charge on any atom is 0.228 e. The van der Waals surface area contributed by atoms with E-state index in [0.717, 1.165) is 37.1 Å². The lowest BCUT2D eigenvalue weighted by Crippen LogP contribution is -2.40. The molecule has 1 amide bonds. The summed E-state index contributed by atoms with van der Waals surface area (Å²) in [6, 6.07) is 8.47. The van der Waals surface area contributed by atoms with Crippen LogP contribution in [0.15, 0.2) is 36.4 Å². The second-order valence-electron chi connectivity index (χ2n) is 6.42. The van der Waals surface area contributed by atoms with E-state index in [4.69, 9.17) is 23.2 Å². The maximum atomic E-state index is 13.7. The number of nitrogens with one attached hydrogen (secondary N) is 1. The first kappa shape index (κ1) is 19.1. The number of amides is 1. The number of hydrogen-bond acceptors (Lipinski definition) is 2. The highest BCUT2D eigenvalue weighted by Gasteiger charge is 2.26. The Kier molecular flexibility index (Phi) is 6.12. The Morgan fingerprint density at radius 3 is 2.73 bits per heavy atom. The first-order valence-electron chi connectivity index (χ1n) is 8.34. The summed E-state index contributed by atoms with van der Waals surface area (Å²) in [6.45, 7) is 2.02. The minimum absolute atomic E-state index is 0.00531. The van der Waals surface area contributed by atoms with Gasteiger partial charge in [-0.25, -0.2) is 8.78 Å². The predicted octanol–water partition coefficient (Wildman–Crippen LogP) is 5.12. The minimum atomic E-state index is -0.779. The summed E-state index contributed by atoms with van der Waals surface area (Å²) in [5.74, 6) is -1.98. The quantitative estimate of drug-likeness (QED) is 0.774. The number of likely N-dealkylation sites (tertiary alicyclic amines) is 1. The molecule has 7 heteroatoms. The lowest BCUT2D eigenvalue weighted by Gasteiger charge is -2.32. The van der Waals surface area contributed by atoms with Gasteiger partial charge in [-0.05, 0) is 49.2 Å². The van der Waals surface area contributed by atoms with Crippen LogP contribution < -0.4 is 5.32 Å². The third kappa shape index (κ3) is 4.72. The van der Waals surface area contributed by atoms with Crippen molar-refractivity contribution in [2.45, 2.75) is 19.4 Å². The number of halogens is 4. The molecular formula is C19H18Cl2F2N2O. The van der Waals surface area contributed by atoms with Gasteiger partial charge in [0.2, 0.25) is 5.91 Å². The van der Waals surface area contributed by atoms with Crippen molar-refractivity contribution >= 4 is 34.8 Å². The van der Waals surface area contributed by atoms with Gasteiger partial charge in [-0.1, -0.05) is 29.3 Å². The number of hydrogen-bond donors (Lipinski definition) is 1. The Morgan fingerprint density at radius 1 is 1.19 bits per heavy atom. The topological polar surface area (TPSA) is 32.3 Å². The molecule has 0 radical (unpaired) electrons. The summed E-state index contributed by atoms with van der Waals surface area (Å²) >= 11 is 12.1. The second kappa shape index (κ2) is 8.33. The average molecular weight is 399 g/mol.